The molecule has 1 aliphatic rings. The Hall–Kier alpha value is -0.630. The molecule has 0 aromatic carbocycles. The van der Waals surface area contributed by atoms with Crippen LogP contribution in [0.1, 0.15) is 26.7 Å². The van der Waals surface area contributed by atoms with Crippen LogP contribution < -0.4 is 0 Å². The lowest BCUT2D eigenvalue weighted by Crippen LogP contribution is -2.40. The first-order valence-electron chi connectivity index (χ1n) is 6.64. The normalized spacial score (nSPS) is 24.2. The largest absolute Gasteiger partial charge is 0.465 e. The molecule has 1 fully saturated rings. The van der Waals surface area contributed by atoms with Crippen LogP contribution in [0.4, 0.5) is 0 Å². The van der Waals surface area contributed by atoms with Crippen molar-refractivity contribution in [3.63, 3.8) is 0 Å². The molecule has 1 rings (SSSR count). The number of hydrogen-bond donors (Lipinski definition) is 0. The zero-order valence-corrected chi connectivity index (χ0v) is 14.3. The molecule has 0 bridgehead atoms. The Morgan fingerprint density at radius 2 is 1.70 bits per heavy atom. The molecular formula is C14H21IO5. The summed E-state index contributed by atoms with van der Waals surface area (Å²) in [5.41, 5.74) is -1.27. The first-order chi connectivity index (χ1) is 9.42. The fourth-order valence-corrected chi connectivity index (χ4v) is 3.21. The van der Waals surface area contributed by atoms with Crippen molar-refractivity contribution in [1.82, 2.24) is 0 Å². The standard InChI is InChI=1S/C14H21IO5/c1-5-19-12(16)14(13(17)20-6-2)7-10(9(3)15)11(8-14)18-4/h10-11H,3,5-8H2,1-2,4H3/t10-,11-/m0/s1. The van der Waals surface area contributed by atoms with E-state index in [0.717, 1.165) is 3.58 Å². The molecule has 0 spiro atoms. The van der Waals surface area contributed by atoms with Gasteiger partial charge in [0.1, 0.15) is 0 Å². The van der Waals surface area contributed by atoms with Crippen LogP contribution >= 0.6 is 22.6 Å². The van der Waals surface area contributed by atoms with E-state index in [1.165, 1.54) is 0 Å². The summed E-state index contributed by atoms with van der Waals surface area (Å²) in [5.74, 6) is -1.12. The molecule has 1 saturated carbocycles. The fourth-order valence-electron chi connectivity index (χ4n) is 2.59. The first-order valence-corrected chi connectivity index (χ1v) is 7.72. The maximum atomic E-state index is 12.3. The Bertz CT molecular complexity index is 375. The van der Waals surface area contributed by atoms with Gasteiger partial charge in [-0.25, -0.2) is 0 Å². The highest BCUT2D eigenvalue weighted by atomic mass is 127. The van der Waals surface area contributed by atoms with Crippen LogP contribution in [-0.2, 0) is 23.8 Å². The van der Waals surface area contributed by atoms with Crippen molar-refractivity contribution in [1.29, 1.82) is 0 Å². The van der Waals surface area contributed by atoms with Gasteiger partial charge < -0.3 is 14.2 Å². The van der Waals surface area contributed by atoms with Crippen LogP contribution in [0.2, 0.25) is 0 Å². The highest BCUT2D eigenvalue weighted by Gasteiger charge is 2.58. The number of esters is 2. The van der Waals surface area contributed by atoms with E-state index in [0.29, 0.717) is 6.42 Å². The van der Waals surface area contributed by atoms with Crippen molar-refractivity contribution < 1.29 is 23.8 Å². The topological polar surface area (TPSA) is 61.8 Å². The second-order valence-corrected chi connectivity index (χ2v) is 6.14. The van der Waals surface area contributed by atoms with E-state index in [9.17, 15) is 9.59 Å². The smallest absolute Gasteiger partial charge is 0.323 e. The highest BCUT2D eigenvalue weighted by molar-refractivity contribution is 14.1. The molecule has 0 heterocycles. The molecule has 20 heavy (non-hydrogen) atoms. The van der Waals surface area contributed by atoms with Crippen LogP contribution in [0.3, 0.4) is 0 Å². The molecule has 0 aromatic heterocycles. The zero-order valence-electron chi connectivity index (χ0n) is 12.1. The van der Waals surface area contributed by atoms with E-state index < -0.39 is 17.4 Å². The van der Waals surface area contributed by atoms with Crippen molar-refractivity contribution in [2.24, 2.45) is 11.3 Å². The summed E-state index contributed by atoms with van der Waals surface area (Å²) >= 11 is 2.11. The SMILES string of the molecule is C=C(I)[C@@H]1CC(C(=O)OCC)(C(=O)OCC)C[C@@H]1OC. The minimum Gasteiger partial charge on any atom is -0.465 e. The fraction of sp³-hybridized carbons (Fsp3) is 0.714. The Balaban J connectivity index is 3.10. The highest BCUT2D eigenvalue weighted by Crippen LogP contribution is 2.48. The minimum atomic E-state index is -1.27. The summed E-state index contributed by atoms with van der Waals surface area (Å²) in [6.07, 6.45) is 0.368. The van der Waals surface area contributed by atoms with Crippen LogP contribution in [0.15, 0.2) is 10.2 Å². The summed E-state index contributed by atoms with van der Waals surface area (Å²) in [4.78, 5) is 24.6. The van der Waals surface area contributed by atoms with Crippen LogP contribution in [0, 0.1) is 11.3 Å². The third kappa shape index (κ3) is 3.33. The Labute approximate surface area is 133 Å². The lowest BCUT2D eigenvalue weighted by Gasteiger charge is -2.24. The van der Waals surface area contributed by atoms with Gasteiger partial charge in [0.25, 0.3) is 0 Å². The van der Waals surface area contributed by atoms with Gasteiger partial charge in [0.15, 0.2) is 5.41 Å². The summed E-state index contributed by atoms with van der Waals surface area (Å²) in [6.45, 7) is 7.81. The van der Waals surface area contributed by atoms with Crippen LogP contribution in [0.5, 0.6) is 0 Å². The van der Waals surface area contributed by atoms with E-state index in [1.807, 2.05) is 0 Å². The number of methoxy groups -OCH3 is 1. The molecule has 0 aromatic rings. The first kappa shape index (κ1) is 17.4. The van der Waals surface area contributed by atoms with E-state index >= 15 is 0 Å². The average molecular weight is 396 g/mol. The Morgan fingerprint density at radius 1 is 1.20 bits per heavy atom. The van der Waals surface area contributed by atoms with Gasteiger partial charge in [-0.05, 0) is 46.4 Å². The molecule has 5 nitrogen and oxygen atoms in total. The van der Waals surface area contributed by atoms with Crippen molar-refractivity contribution in [3.05, 3.63) is 10.2 Å². The summed E-state index contributed by atoms with van der Waals surface area (Å²) in [5, 5.41) is 0. The average Bonchev–Trinajstić information content (AvgIpc) is 2.80. The van der Waals surface area contributed by atoms with Crippen molar-refractivity contribution >= 4 is 34.5 Å². The number of hydrogen-bond acceptors (Lipinski definition) is 5. The van der Waals surface area contributed by atoms with Gasteiger partial charge in [-0.1, -0.05) is 6.58 Å². The van der Waals surface area contributed by atoms with E-state index in [-0.39, 0.29) is 31.7 Å². The van der Waals surface area contributed by atoms with Gasteiger partial charge in [0.2, 0.25) is 0 Å². The number of ether oxygens (including phenoxy) is 3. The molecule has 0 saturated heterocycles. The van der Waals surface area contributed by atoms with Crippen molar-refractivity contribution in [2.75, 3.05) is 20.3 Å². The summed E-state index contributed by atoms with van der Waals surface area (Å²) < 4.78 is 16.5. The predicted octanol–water partition coefficient (Wildman–Crippen LogP) is 2.47. The molecular weight excluding hydrogens is 375 g/mol. The van der Waals surface area contributed by atoms with E-state index in [4.69, 9.17) is 14.2 Å². The second kappa shape index (κ2) is 7.40. The van der Waals surface area contributed by atoms with Gasteiger partial charge in [-0.15, -0.1) is 0 Å². The van der Waals surface area contributed by atoms with Crippen LogP contribution in [-0.4, -0.2) is 38.4 Å². The lowest BCUT2D eigenvalue weighted by atomic mass is 9.85. The molecule has 0 unspecified atom stereocenters. The third-order valence-electron chi connectivity index (χ3n) is 3.60. The van der Waals surface area contributed by atoms with Gasteiger partial charge in [-0.3, -0.25) is 9.59 Å². The van der Waals surface area contributed by atoms with E-state index in [2.05, 4.69) is 29.2 Å². The number of carbonyl (C=O) groups excluding carboxylic acids is 2. The number of carbonyl (C=O) groups is 2. The zero-order chi connectivity index (χ0) is 15.3. The van der Waals surface area contributed by atoms with E-state index in [1.54, 1.807) is 21.0 Å². The minimum absolute atomic E-state index is 0.0607. The lowest BCUT2D eigenvalue weighted by molar-refractivity contribution is -0.172. The third-order valence-corrected chi connectivity index (χ3v) is 4.40. The molecule has 0 aliphatic heterocycles. The van der Waals surface area contributed by atoms with Gasteiger partial charge in [0.05, 0.1) is 19.3 Å². The summed E-state index contributed by atoms with van der Waals surface area (Å²) in [7, 11) is 1.57. The number of rotatable bonds is 6. The predicted molar refractivity (Wildman–Crippen MR) is 82.4 cm³/mol. The molecule has 0 amide bonds. The van der Waals surface area contributed by atoms with Gasteiger partial charge in [0, 0.05) is 19.4 Å². The molecule has 0 N–H and O–H groups in total. The molecule has 0 radical (unpaired) electrons. The second-order valence-electron chi connectivity index (χ2n) is 4.76. The molecule has 2 atom stereocenters. The molecule has 1 aliphatic carbocycles. The number of halogens is 1. The van der Waals surface area contributed by atoms with Gasteiger partial charge >= 0.3 is 11.9 Å². The quantitative estimate of drug-likeness (QED) is 0.392. The maximum absolute atomic E-state index is 12.3. The molecule has 114 valence electrons. The van der Waals surface area contributed by atoms with Crippen molar-refractivity contribution in [2.45, 2.75) is 32.8 Å². The Morgan fingerprint density at radius 3 is 2.00 bits per heavy atom. The van der Waals surface area contributed by atoms with Gasteiger partial charge in [-0.2, -0.15) is 0 Å². The maximum Gasteiger partial charge on any atom is 0.323 e. The molecule has 6 heteroatoms. The Kier molecular flexibility index (Phi) is 6.44. The van der Waals surface area contributed by atoms with Crippen LogP contribution in [0.25, 0.3) is 0 Å². The monoisotopic (exact) mass is 396 g/mol. The van der Waals surface area contributed by atoms with Crippen molar-refractivity contribution in [3.8, 4) is 0 Å². The summed E-state index contributed by atoms with van der Waals surface area (Å²) in [6, 6.07) is 0.